The molecule has 0 fully saturated rings. The summed E-state index contributed by atoms with van der Waals surface area (Å²) < 4.78 is 0. The van der Waals surface area contributed by atoms with Crippen LogP contribution in [0.5, 0.6) is 5.75 Å². The molecular weight excluding hydrogens is 242 g/mol. The lowest BCUT2D eigenvalue weighted by Crippen LogP contribution is -2.16. The van der Waals surface area contributed by atoms with Crippen LogP contribution in [0.2, 0.25) is 0 Å². The summed E-state index contributed by atoms with van der Waals surface area (Å²) in [7, 11) is 0. The summed E-state index contributed by atoms with van der Waals surface area (Å²) in [6, 6.07) is 1.40. The molecule has 0 amide bonds. The number of hydrogen-bond donors (Lipinski definition) is 3. The fourth-order valence-electron chi connectivity index (χ4n) is 3.01. The average molecular weight is 263 g/mol. The van der Waals surface area contributed by atoms with Crippen LogP contribution in [0, 0.1) is 6.92 Å². The van der Waals surface area contributed by atoms with Crippen molar-refractivity contribution in [2.24, 2.45) is 5.73 Å². The number of aliphatic carboxylic acids is 1. The third-order valence-electron chi connectivity index (χ3n) is 3.99. The zero-order chi connectivity index (χ0) is 14.0. The van der Waals surface area contributed by atoms with Crippen LogP contribution in [0.3, 0.4) is 0 Å². The first-order chi connectivity index (χ1) is 9.00. The van der Waals surface area contributed by atoms with Crippen LogP contribution in [0.25, 0.3) is 0 Å². The van der Waals surface area contributed by atoms with Gasteiger partial charge in [0.2, 0.25) is 0 Å². The van der Waals surface area contributed by atoms with Crippen LogP contribution in [0.4, 0.5) is 0 Å². The largest absolute Gasteiger partial charge is 0.508 e. The standard InChI is InChI=1S/C15H21NO3/c1-9-11-5-3-2-4-10(11)8-13(17)15(9)12(16)6-7-14(18)19/h8,12,17H,2-7,16H2,1H3,(H,18,19). The lowest BCUT2D eigenvalue weighted by atomic mass is 9.84. The van der Waals surface area contributed by atoms with E-state index in [-0.39, 0.29) is 12.2 Å². The van der Waals surface area contributed by atoms with Gasteiger partial charge in [-0.05, 0) is 61.8 Å². The number of benzene rings is 1. The topological polar surface area (TPSA) is 83.5 Å². The van der Waals surface area contributed by atoms with E-state index in [1.54, 1.807) is 0 Å². The van der Waals surface area contributed by atoms with Gasteiger partial charge >= 0.3 is 5.97 Å². The number of fused-ring (bicyclic) bond motifs is 1. The van der Waals surface area contributed by atoms with Crippen molar-refractivity contribution in [3.63, 3.8) is 0 Å². The Balaban J connectivity index is 2.32. The summed E-state index contributed by atoms with van der Waals surface area (Å²) in [6.45, 7) is 1.99. The molecule has 0 aliphatic heterocycles. The van der Waals surface area contributed by atoms with E-state index in [1.807, 2.05) is 13.0 Å². The Labute approximate surface area is 113 Å². The Morgan fingerprint density at radius 3 is 2.79 bits per heavy atom. The molecule has 0 spiro atoms. The maximum Gasteiger partial charge on any atom is 0.303 e. The third-order valence-corrected chi connectivity index (χ3v) is 3.99. The van der Waals surface area contributed by atoms with Gasteiger partial charge in [-0.15, -0.1) is 0 Å². The Hall–Kier alpha value is -1.55. The van der Waals surface area contributed by atoms with E-state index in [4.69, 9.17) is 10.8 Å². The van der Waals surface area contributed by atoms with Crippen LogP contribution < -0.4 is 5.73 Å². The SMILES string of the molecule is Cc1c2c(cc(O)c1C(N)CCC(=O)O)CCCC2. The zero-order valence-corrected chi connectivity index (χ0v) is 11.3. The van der Waals surface area contributed by atoms with Gasteiger partial charge in [0.25, 0.3) is 0 Å². The molecular formula is C15H21NO3. The molecule has 0 radical (unpaired) electrons. The molecule has 1 aliphatic rings. The van der Waals surface area contributed by atoms with E-state index < -0.39 is 12.0 Å². The highest BCUT2D eigenvalue weighted by molar-refractivity contribution is 5.66. The molecule has 4 N–H and O–H groups in total. The Morgan fingerprint density at radius 2 is 2.11 bits per heavy atom. The van der Waals surface area contributed by atoms with Crippen LogP contribution in [-0.4, -0.2) is 16.2 Å². The molecule has 1 unspecified atom stereocenters. The third kappa shape index (κ3) is 2.89. The Kier molecular flexibility index (Phi) is 4.10. The maximum atomic E-state index is 10.6. The van der Waals surface area contributed by atoms with E-state index in [0.29, 0.717) is 6.42 Å². The number of nitrogens with two attached hydrogens (primary N) is 1. The molecule has 2 rings (SSSR count). The number of carboxylic acids is 1. The molecule has 1 aliphatic carbocycles. The predicted molar refractivity (Wildman–Crippen MR) is 73.3 cm³/mol. The van der Waals surface area contributed by atoms with E-state index in [1.165, 1.54) is 17.5 Å². The monoisotopic (exact) mass is 263 g/mol. The summed E-state index contributed by atoms with van der Waals surface area (Å²) in [4.78, 5) is 10.6. The van der Waals surface area contributed by atoms with E-state index in [0.717, 1.165) is 30.4 Å². The van der Waals surface area contributed by atoms with Crippen LogP contribution >= 0.6 is 0 Å². The maximum absolute atomic E-state index is 10.6. The van der Waals surface area contributed by atoms with Crippen molar-refractivity contribution in [3.05, 3.63) is 28.3 Å². The number of hydrogen-bond acceptors (Lipinski definition) is 3. The van der Waals surface area contributed by atoms with Gasteiger partial charge in [0, 0.05) is 18.0 Å². The molecule has 0 aromatic heterocycles. The number of phenolic OH excluding ortho intramolecular Hbond substituents is 1. The minimum atomic E-state index is -0.856. The highest BCUT2D eigenvalue weighted by Crippen LogP contribution is 2.36. The first-order valence-corrected chi connectivity index (χ1v) is 6.82. The second-order valence-corrected chi connectivity index (χ2v) is 5.32. The van der Waals surface area contributed by atoms with Crippen LogP contribution in [-0.2, 0) is 17.6 Å². The fourth-order valence-corrected chi connectivity index (χ4v) is 3.01. The predicted octanol–water partition coefficient (Wildman–Crippen LogP) is 2.44. The summed E-state index contributed by atoms with van der Waals surface area (Å²) in [6.07, 6.45) is 4.74. The lowest BCUT2D eigenvalue weighted by Gasteiger charge is -2.24. The summed E-state index contributed by atoms with van der Waals surface area (Å²) in [5.74, 6) is -0.637. The minimum absolute atomic E-state index is 0.0249. The van der Waals surface area contributed by atoms with E-state index >= 15 is 0 Å². The Morgan fingerprint density at radius 1 is 1.42 bits per heavy atom. The van der Waals surface area contributed by atoms with Crippen molar-refractivity contribution in [3.8, 4) is 5.75 Å². The molecule has 0 saturated heterocycles. The van der Waals surface area contributed by atoms with E-state index in [9.17, 15) is 9.90 Å². The van der Waals surface area contributed by atoms with Crippen LogP contribution in [0.1, 0.15) is 54.0 Å². The molecule has 1 aromatic carbocycles. The van der Waals surface area contributed by atoms with E-state index in [2.05, 4.69) is 0 Å². The second-order valence-electron chi connectivity index (χ2n) is 5.32. The number of aromatic hydroxyl groups is 1. The molecule has 4 nitrogen and oxygen atoms in total. The minimum Gasteiger partial charge on any atom is -0.508 e. The zero-order valence-electron chi connectivity index (χ0n) is 11.3. The quantitative estimate of drug-likeness (QED) is 0.779. The smallest absolute Gasteiger partial charge is 0.303 e. The Bertz CT molecular complexity index is 497. The fraction of sp³-hybridized carbons (Fsp3) is 0.533. The van der Waals surface area contributed by atoms with Gasteiger partial charge in [0.1, 0.15) is 5.75 Å². The summed E-state index contributed by atoms with van der Waals surface area (Å²) in [5.41, 5.74) is 10.3. The number of phenols is 1. The molecule has 0 saturated carbocycles. The van der Waals surface area contributed by atoms with Gasteiger partial charge < -0.3 is 15.9 Å². The average Bonchev–Trinajstić information content (AvgIpc) is 2.36. The molecule has 4 heteroatoms. The number of rotatable bonds is 4. The first kappa shape index (κ1) is 13.9. The highest BCUT2D eigenvalue weighted by atomic mass is 16.4. The second kappa shape index (κ2) is 5.61. The molecule has 19 heavy (non-hydrogen) atoms. The van der Waals surface area contributed by atoms with Crippen molar-refractivity contribution < 1.29 is 15.0 Å². The van der Waals surface area contributed by atoms with Gasteiger partial charge in [0.05, 0.1) is 0 Å². The molecule has 104 valence electrons. The number of carbonyl (C=O) groups is 1. The van der Waals surface area contributed by atoms with Gasteiger partial charge in [-0.3, -0.25) is 4.79 Å². The van der Waals surface area contributed by atoms with Gasteiger partial charge in [0.15, 0.2) is 0 Å². The van der Waals surface area contributed by atoms with Gasteiger partial charge in [-0.1, -0.05) is 0 Å². The van der Waals surface area contributed by atoms with Crippen molar-refractivity contribution in [2.45, 2.75) is 51.5 Å². The highest BCUT2D eigenvalue weighted by Gasteiger charge is 2.21. The molecule has 0 bridgehead atoms. The first-order valence-electron chi connectivity index (χ1n) is 6.82. The molecule has 0 heterocycles. The molecule has 1 atom stereocenters. The van der Waals surface area contributed by atoms with Crippen molar-refractivity contribution in [1.82, 2.24) is 0 Å². The number of aryl methyl sites for hydroxylation is 1. The number of carboxylic acid groups (broad SMARTS) is 1. The lowest BCUT2D eigenvalue weighted by molar-refractivity contribution is -0.137. The van der Waals surface area contributed by atoms with Crippen molar-refractivity contribution >= 4 is 5.97 Å². The van der Waals surface area contributed by atoms with Gasteiger partial charge in [-0.2, -0.15) is 0 Å². The van der Waals surface area contributed by atoms with Gasteiger partial charge in [-0.25, -0.2) is 0 Å². The summed E-state index contributed by atoms with van der Waals surface area (Å²) in [5, 5.41) is 18.9. The van der Waals surface area contributed by atoms with Crippen molar-refractivity contribution in [2.75, 3.05) is 0 Å². The van der Waals surface area contributed by atoms with Crippen LogP contribution in [0.15, 0.2) is 6.07 Å². The summed E-state index contributed by atoms with van der Waals surface area (Å²) >= 11 is 0. The molecule has 1 aromatic rings. The van der Waals surface area contributed by atoms with Crippen molar-refractivity contribution in [1.29, 1.82) is 0 Å². The normalized spacial score (nSPS) is 15.9.